The van der Waals surface area contributed by atoms with Crippen molar-refractivity contribution >= 4 is 36.5 Å². The number of fused-ring (bicyclic) bond motifs is 1. The van der Waals surface area contributed by atoms with Crippen LogP contribution in [0.4, 0.5) is 21.6 Å². The number of anilines is 3. The molecule has 0 amide bonds. The van der Waals surface area contributed by atoms with Crippen molar-refractivity contribution in [3.63, 3.8) is 0 Å². The van der Waals surface area contributed by atoms with Gasteiger partial charge in [-0.2, -0.15) is 4.39 Å². The van der Waals surface area contributed by atoms with Crippen molar-refractivity contribution in [1.82, 2.24) is 24.2 Å². The molecule has 2 fully saturated rings. The zero-order valence-electron chi connectivity index (χ0n) is 28.2. The number of rotatable bonds is 11. The van der Waals surface area contributed by atoms with E-state index in [1.807, 2.05) is 47.5 Å². The van der Waals surface area contributed by atoms with Gasteiger partial charge in [-0.25, -0.2) is 15.0 Å². The Morgan fingerprint density at radius 1 is 0.787 bits per heavy atom. The zero-order valence-corrected chi connectivity index (χ0v) is 29.2. The maximum absolute atomic E-state index is 16.3. The third-order valence-corrected chi connectivity index (χ3v) is 17.2. The molecule has 9 heteroatoms. The van der Waals surface area contributed by atoms with Crippen LogP contribution in [0.5, 0.6) is 0 Å². The topological polar surface area (TPSA) is 80.0 Å². The van der Waals surface area contributed by atoms with E-state index in [1.54, 1.807) is 18.5 Å². The fraction of sp³-hybridized carbons (Fsp3) is 0.421. The molecule has 0 saturated heterocycles. The Hall–Kier alpha value is -3.95. The molecule has 7 rings (SSSR count). The van der Waals surface area contributed by atoms with Crippen molar-refractivity contribution in [2.75, 3.05) is 4.90 Å². The number of benzene rings is 1. The third-order valence-electron chi connectivity index (χ3n) is 10.5. The van der Waals surface area contributed by atoms with Gasteiger partial charge < -0.3 is 9.34 Å². The van der Waals surface area contributed by atoms with Gasteiger partial charge in [-0.15, -0.1) is 0 Å². The van der Waals surface area contributed by atoms with E-state index >= 15 is 4.39 Å². The smallest absolute Gasteiger partial charge is 0.221 e. The first kappa shape index (κ1) is 31.6. The number of aromatic nitrogens is 5. The summed E-state index contributed by atoms with van der Waals surface area (Å²) >= 11 is 0. The summed E-state index contributed by atoms with van der Waals surface area (Å²) in [5.74, 6) is 0.585. The highest BCUT2D eigenvalue weighted by Gasteiger charge is 2.47. The minimum atomic E-state index is -2.26. The molecule has 4 aromatic heterocycles. The lowest BCUT2D eigenvalue weighted by Crippen LogP contribution is -2.51. The van der Waals surface area contributed by atoms with Crippen LogP contribution in [0.25, 0.3) is 11.0 Å². The summed E-state index contributed by atoms with van der Waals surface area (Å²) in [7, 11) is -2.26. The molecule has 0 aliphatic heterocycles. The first-order valence-corrected chi connectivity index (χ1v) is 19.3. The summed E-state index contributed by atoms with van der Waals surface area (Å²) < 4.78 is 18.7. The van der Waals surface area contributed by atoms with Crippen LogP contribution < -0.4 is 4.90 Å². The molecule has 0 bridgehead atoms. The number of halogens is 1. The second kappa shape index (κ2) is 12.2. The van der Waals surface area contributed by atoms with Gasteiger partial charge in [0.15, 0.2) is 8.24 Å². The molecule has 4 heterocycles. The molecule has 1 atom stereocenters. The highest BCUT2D eigenvalue weighted by atomic mass is 28.3. The van der Waals surface area contributed by atoms with E-state index in [4.69, 9.17) is 15.0 Å². The predicted molar refractivity (Wildman–Crippen MR) is 189 cm³/mol. The van der Waals surface area contributed by atoms with E-state index in [0.717, 1.165) is 46.6 Å². The van der Waals surface area contributed by atoms with Crippen LogP contribution in [0.2, 0.25) is 16.6 Å². The Morgan fingerprint density at radius 2 is 1.47 bits per heavy atom. The molecule has 47 heavy (non-hydrogen) atoms. The Morgan fingerprint density at radius 3 is 2.04 bits per heavy atom. The van der Waals surface area contributed by atoms with E-state index in [9.17, 15) is 5.11 Å². The van der Waals surface area contributed by atoms with Crippen LogP contribution in [0.1, 0.15) is 108 Å². The average molecular weight is 649 g/mol. The van der Waals surface area contributed by atoms with Gasteiger partial charge in [-0.1, -0.05) is 59.7 Å². The van der Waals surface area contributed by atoms with Crippen molar-refractivity contribution in [1.29, 1.82) is 0 Å². The first-order chi connectivity index (χ1) is 22.6. The van der Waals surface area contributed by atoms with E-state index in [-0.39, 0.29) is 5.56 Å². The molecule has 0 radical (unpaired) electrons. The Balaban J connectivity index is 1.34. The number of hydrogen-bond acceptors (Lipinski definition) is 6. The number of aliphatic hydroxyl groups excluding tert-OH is 1. The summed E-state index contributed by atoms with van der Waals surface area (Å²) in [5, 5.41) is 13.0. The van der Waals surface area contributed by atoms with Crippen molar-refractivity contribution in [2.24, 2.45) is 0 Å². The Bertz CT molecular complexity index is 1860. The molecule has 2 aliphatic rings. The van der Waals surface area contributed by atoms with E-state index in [2.05, 4.69) is 63.0 Å². The Labute approximate surface area is 278 Å². The normalized spacial score (nSPS) is 16.1. The minimum Gasteiger partial charge on any atom is -0.383 e. The fourth-order valence-corrected chi connectivity index (χ4v) is 14.8. The van der Waals surface area contributed by atoms with Gasteiger partial charge in [0.1, 0.15) is 23.9 Å². The number of hydrogen-bond donors (Lipinski definition) is 1. The summed E-state index contributed by atoms with van der Waals surface area (Å²) in [6, 6.07) is 17.3. The average Bonchev–Trinajstić information content (AvgIpc) is 3.99. The van der Waals surface area contributed by atoms with Gasteiger partial charge in [0.05, 0.1) is 17.6 Å². The molecule has 2 aliphatic carbocycles. The van der Waals surface area contributed by atoms with Crippen LogP contribution >= 0.6 is 0 Å². The molecule has 5 aromatic rings. The number of nitrogens with zero attached hydrogens (tertiary/aromatic N) is 6. The van der Waals surface area contributed by atoms with Crippen LogP contribution in [0, 0.1) is 5.95 Å². The molecule has 1 aromatic carbocycles. The maximum Gasteiger partial charge on any atom is 0.221 e. The monoisotopic (exact) mass is 648 g/mol. The highest BCUT2D eigenvalue weighted by molar-refractivity contribution is 6.82. The van der Waals surface area contributed by atoms with Gasteiger partial charge in [0, 0.05) is 45.9 Å². The third kappa shape index (κ3) is 5.47. The number of aliphatic hydroxyl groups is 1. The second-order valence-corrected chi connectivity index (χ2v) is 20.1. The van der Waals surface area contributed by atoms with E-state index in [0.29, 0.717) is 39.8 Å². The number of para-hydroxylation sites is 1. The highest BCUT2D eigenvalue weighted by Crippen LogP contribution is 2.49. The van der Waals surface area contributed by atoms with E-state index in [1.165, 1.54) is 12.8 Å². The van der Waals surface area contributed by atoms with Gasteiger partial charge in [-0.3, -0.25) is 9.88 Å². The summed E-state index contributed by atoms with van der Waals surface area (Å²) in [6.45, 7) is 13.9. The second-order valence-electron chi connectivity index (χ2n) is 14.4. The molecule has 7 nitrogen and oxygen atoms in total. The lowest BCUT2D eigenvalue weighted by molar-refractivity contribution is 0.215. The van der Waals surface area contributed by atoms with Crippen LogP contribution in [0.15, 0.2) is 73.3 Å². The van der Waals surface area contributed by atoms with Crippen molar-refractivity contribution in [3.05, 3.63) is 102 Å². The fourth-order valence-electron chi connectivity index (χ4n) is 8.19. The van der Waals surface area contributed by atoms with Crippen LogP contribution in [0.3, 0.4) is 0 Å². The van der Waals surface area contributed by atoms with Gasteiger partial charge in [-0.05, 0) is 78.7 Å². The van der Waals surface area contributed by atoms with Crippen molar-refractivity contribution < 1.29 is 9.50 Å². The SMILES string of the molecule is CC(C)[Si](C(C)C)(C(C)C)n1cc(C(O)c2ccc(N(c3ccccc3)c3ccc(C4CC4)nc3)nc2F)c2c(C3CC3)ncnc21. The zero-order chi connectivity index (χ0) is 33.0. The van der Waals surface area contributed by atoms with Crippen LogP contribution in [-0.2, 0) is 0 Å². The molecule has 1 N–H and O–H groups in total. The predicted octanol–water partition coefficient (Wildman–Crippen LogP) is 9.69. The lowest BCUT2D eigenvalue weighted by Gasteiger charge is -2.44. The molecular formula is C38H45FN6OSi. The molecule has 2 saturated carbocycles. The molecule has 244 valence electrons. The minimum absolute atomic E-state index is 0.138. The lowest BCUT2D eigenvalue weighted by atomic mass is 10.0. The van der Waals surface area contributed by atoms with Gasteiger partial charge >= 0.3 is 0 Å². The number of pyridine rings is 2. The summed E-state index contributed by atoms with van der Waals surface area (Å²) in [6.07, 6.45) is 8.83. The largest absolute Gasteiger partial charge is 0.383 e. The summed E-state index contributed by atoms with van der Waals surface area (Å²) in [5.41, 5.74) is 6.60. The molecule has 1 unspecified atom stereocenters. The molecule has 0 spiro atoms. The van der Waals surface area contributed by atoms with Gasteiger partial charge in [0.25, 0.3) is 0 Å². The van der Waals surface area contributed by atoms with Crippen LogP contribution in [-0.4, -0.2) is 37.5 Å². The molecular weight excluding hydrogens is 604 g/mol. The van der Waals surface area contributed by atoms with Crippen molar-refractivity contribution in [3.8, 4) is 0 Å². The van der Waals surface area contributed by atoms with E-state index < -0.39 is 20.3 Å². The quantitative estimate of drug-likeness (QED) is 0.113. The Kier molecular flexibility index (Phi) is 8.25. The maximum atomic E-state index is 16.3. The first-order valence-electron chi connectivity index (χ1n) is 17.1. The van der Waals surface area contributed by atoms with Gasteiger partial charge in [0.2, 0.25) is 5.95 Å². The standard InChI is InChI=1S/C38H45FN6OSi/c1-23(2)47(24(3)4,25(5)6)44-21-31(34-35(27-14-15-27)41-22-42-38(34)44)36(46)30-17-19-33(43-37(30)39)45(28-10-8-7-9-11-28)29-16-18-32(40-20-29)26-12-13-26/h7-11,16-27,36,46H,12-15H2,1-6H3. The summed E-state index contributed by atoms with van der Waals surface area (Å²) in [4.78, 5) is 20.7. The van der Waals surface area contributed by atoms with Crippen molar-refractivity contribution in [2.45, 2.75) is 102 Å².